The van der Waals surface area contributed by atoms with Crippen LogP contribution in [0.25, 0.3) is 0 Å². The van der Waals surface area contributed by atoms with Crippen molar-refractivity contribution in [3.8, 4) is 0 Å². The molecule has 1 rings (SSSR count). The fourth-order valence-electron chi connectivity index (χ4n) is 2.04. The summed E-state index contributed by atoms with van der Waals surface area (Å²) in [4.78, 5) is 12.0. The molecule has 2 nitrogen and oxygen atoms in total. The molecule has 1 aromatic carbocycles. The van der Waals surface area contributed by atoms with Gasteiger partial charge in [-0.25, -0.2) is 4.39 Å². The third-order valence-corrected chi connectivity index (χ3v) is 5.20. The monoisotopic (exact) mass is 504 g/mol. The summed E-state index contributed by atoms with van der Waals surface area (Å²) in [5, 5.41) is 0. The molecule has 1 aromatic rings. The number of hydrogen-bond donors (Lipinski definition) is 0. The number of esters is 1. The molecule has 0 aliphatic heterocycles. The van der Waals surface area contributed by atoms with E-state index in [-0.39, 0.29) is 17.7 Å². The van der Waals surface area contributed by atoms with E-state index < -0.39 is 0 Å². The molecule has 0 saturated heterocycles. The van der Waals surface area contributed by atoms with E-state index in [1.54, 1.807) is 6.07 Å². The molecule has 5 heteroatoms. The third kappa shape index (κ3) is 5.46. The number of benzene rings is 1. The average Bonchev–Trinajstić information content (AvgIpc) is 2.44. The lowest BCUT2D eigenvalue weighted by Crippen LogP contribution is -2.18. The predicted molar refractivity (Wildman–Crippen MR) is 95.8 cm³/mol. The van der Waals surface area contributed by atoms with Crippen molar-refractivity contribution in [1.29, 1.82) is 0 Å². The number of halogens is 3. The largest absolute Gasteiger partial charge is 0.469 e. The van der Waals surface area contributed by atoms with Gasteiger partial charge in [0.15, 0.2) is 0 Å². The topological polar surface area (TPSA) is 26.3 Å². The number of hydrogen-bond acceptors (Lipinski definition) is 2. The summed E-state index contributed by atoms with van der Waals surface area (Å²) in [5.41, 5.74) is 0.702. The maximum atomic E-state index is 13.7. The maximum Gasteiger partial charge on any atom is 0.313 e. The van der Waals surface area contributed by atoms with Crippen molar-refractivity contribution in [3.05, 3.63) is 33.1 Å². The van der Waals surface area contributed by atoms with Gasteiger partial charge in [-0.2, -0.15) is 0 Å². The molecule has 0 aliphatic rings. The minimum Gasteiger partial charge on any atom is -0.469 e. The fraction of sp³-hybridized carbons (Fsp3) is 0.533. The minimum atomic E-state index is -0.384. The Morgan fingerprint density at radius 3 is 2.70 bits per heavy atom. The molecule has 112 valence electrons. The molecule has 20 heavy (non-hydrogen) atoms. The Labute approximate surface area is 147 Å². The number of ether oxygens (including phenoxy) is 1. The summed E-state index contributed by atoms with van der Waals surface area (Å²) >= 11 is 4.31. The molecule has 0 amide bonds. The van der Waals surface area contributed by atoms with E-state index in [0.717, 1.165) is 19.3 Å². The molecule has 0 radical (unpaired) electrons. The van der Waals surface area contributed by atoms with Crippen LogP contribution in [0.4, 0.5) is 4.39 Å². The standard InChI is InChI=1S/C15H19FI2O2/c1-3-4-5-11(17)9-12(15(19)20-2)10-6-7-14(18)13(16)8-10/h6-8,11-12H,3-5,9H2,1-2H3. The van der Waals surface area contributed by atoms with Crippen LogP contribution in [0.5, 0.6) is 0 Å². The highest BCUT2D eigenvalue weighted by atomic mass is 127. The van der Waals surface area contributed by atoms with Crippen molar-refractivity contribution < 1.29 is 13.9 Å². The molecule has 0 bridgehead atoms. The minimum absolute atomic E-state index is 0.282. The van der Waals surface area contributed by atoms with Crippen LogP contribution in [-0.4, -0.2) is 17.0 Å². The van der Waals surface area contributed by atoms with Gasteiger partial charge in [-0.15, -0.1) is 0 Å². The molecule has 0 aliphatic carbocycles. The zero-order chi connectivity index (χ0) is 15.1. The summed E-state index contributed by atoms with van der Waals surface area (Å²) < 4.78 is 19.5. The van der Waals surface area contributed by atoms with Crippen molar-refractivity contribution in [3.63, 3.8) is 0 Å². The number of carbonyl (C=O) groups is 1. The lowest BCUT2D eigenvalue weighted by atomic mass is 9.93. The predicted octanol–water partition coefficient (Wildman–Crippen LogP) is 5.07. The molecule has 0 fully saturated rings. The van der Waals surface area contributed by atoms with E-state index >= 15 is 0 Å². The smallest absolute Gasteiger partial charge is 0.313 e. The van der Waals surface area contributed by atoms with Crippen molar-refractivity contribution in [1.82, 2.24) is 0 Å². The van der Waals surface area contributed by atoms with E-state index in [2.05, 4.69) is 29.5 Å². The van der Waals surface area contributed by atoms with Crippen molar-refractivity contribution >= 4 is 51.2 Å². The summed E-state index contributed by atoms with van der Waals surface area (Å²) in [6.45, 7) is 2.15. The highest BCUT2D eigenvalue weighted by molar-refractivity contribution is 14.1. The highest BCUT2D eigenvalue weighted by Gasteiger charge is 2.25. The van der Waals surface area contributed by atoms with Crippen LogP contribution in [0.2, 0.25) is 0 Å². The van der Waals surface area contributed by atoms with Gasteiger partial charge < -0.3 is 4.74 Å². The molecule has 0 spiro atoms. The zero-order valence-electron chi connectivity index (χ0n) is 11.7. The number of rotatable bonds is 7. The van der Waals surface area contributed by atoms with Crippen LogP contribution >= 0.6 is 45.2 Å². The van der Waals surface area contributed by atoms with Crippen LogP contribution in [0.1, 0.15) is 44.1 Å². The first-order valence-corrected chi connectivity index (χ1v) is 8.98. The first kappa shape index (κ1) is 18.1. The lowest BCUT2D eigenvalue weighted by Gasteiger charge is -2.18. The number of methoxy groups -OCH3 is 1. The van der Waals surface area contributed by atoms with Crippen LogP contribution in [0.15, 0.2) is 18.2 Å². The van der Waals surface area contributed by atoms with Crippen LogP contribution in [-0.2, 0) is 9.53 Å². The summed E-state index contributed by atoms with van der Waals surface area (Å²) in [6, 6.07) is 4.97. The SMILES string of the molecule is CCCCC(I)CC(C(=O)OC)c1ccc(I)c(F)c1. The van der Waals surface area contributed by atoms with E-state index in [9.17, 15) is 9.18 Å². The molecular weight excluding hydrogens is 485 g/mol. The first-order valence-electron chi connectivity index (χ1n) is 6.66. The van der Waals surface area contributed by atoms with Gasteiger partial charge >= 0.3 is 5.97 Å². The highest BCUT2D eigenvalue weighted by Crippen LogP contribution is 2.29. The summed E-state index contributed by atoms with van der Waals surface area (Å²) in [6.07, 6.45) is 4.04. The lowest BCUT2D eigenvalue weighted by molar-refractivity contribution is -0.142. The summed E-state index contributed by atoms with van der Waals surface area (Å²) in [5.74, 6) is -0.954. The van der Waals surface area contributed by atoms with E-state index in [4.69, 9.17) is 4.74 Å². The fourth-order valence-corrected chi connectivity index (χ4v) is 3.32. The first-order chi connectivity index (χ1) is 9.49. The Bertz CT molecular complexity index is 451. The van der Waals surface area contributed by atoms with E-state index in [1.165, 1.54) is 13.2 Å². The Balaban J connectivity index is 2.88. The molecule has 2 unspecified atom stereocenters. The number of unbranched alkanes of at least 4 members (excludes halogenated alkanes) is 1. The van der Waals surface area contributed by atoms with Crippen LogP contribution in [0, 0.1) is 9.39 Å². The zero-order valence-corrected chi connectivity index (χ0v) is 16.0. The van der Waals surface area contributed by atoms with Gasteiger partial charge in [0.2, 0.25) is 0 Å². The Hall–Kier alpha value is 0.0800. The average molecular weight is 504 g/mol. The summed E-state index contributed by atoms with van der Waals surface area (Å²) in [7, 11) is 1.38. The van der Waals surface area contributed by atoms with Crippen LogP contribution in [0.3, 0.4) is 0 Å². The Morgan fingerprint density at radius 2 is 2.15 bits per heavy atom. The molecule has 0 saturated carbocycles. The van der Waals surface area contributed by atoms with Crippen molar-refractivity contribution in [2.45, 2.75) is 42.4 Å². The van der Waals surface area contributed by atoms with Gasteiger partial charge in [0.25, 0.3) is 0 Å². The Morgan fingerprint density at radius 1 is 1.45 bits per heavy atom. The molecule has 0 heterocycles. The second kappa shape index (κ2) is 9.17. The quantitative estimate of drug-likeness (QED) is 0.295. The van der Waals surface area contributed by atoms with Gasteiger partial charge in [-0.05, 0) is 53.1 Å². The van der Waals surface area contributed by atoms with Crippen molar-refractivity contribution in [2.24, 2.45) is 0 Å². The van der Waals surface area contributed by atoms with Gasteiger partial charge in [-0.1, -0.05) is 48.4 Å². The number of carbonyl (C=O) groups excluding carboxylic acids is 1. The maximum absolute atomic E-state index is 13.7. The molecular formula is C15H19FI2O2. The van der Waals surface area contributed by atoms with Gasteiger partial charge in [-0.3, -0.25) is 4.79 Å². The second-order valence-electron chi connectivity index (χ2n) is 4.72. The van der Waals surface area contributed by atoms with Gasteiger partial charge in [0.1, 0.15) is 5.82 Å². The Kier molecular flexibility index (Phi) is 8.31. The van der Waals surface area contributed by atoms with E-state index in [0.29, 0.717) is 19.5 Å². The molecule has 2 atom stereocenters. The molecule has 0 N–H and O–H groups in total. The second-order valence-corrected chi connectivity index (χ2v) is 7.65. The normalized spacial score (nSPS) is 13.8. The molecule has 0 aromatic heterocycles. The van der Waals surface area contributed by atoms with Gasteiger partial charge in [0.05, 0.1) is 13.0 Å². The van der Waals surface area contributed by atoms with Crippen molar-refractivity contribution in [2.75, 3.05) is 7.11 Å². The van der Waals surface area contributed by atoms with Gasteiger partial charge in [0, 0.05) is 7.49 Å². The number of alkyl halides is 1. The van der Waals surface area contributed by atoms with Crippen LogP contribution < -0.4 is 0 Å². The van der Waals surface area contributed by atoms with E-state index in [1.807, 2.05) is 28.7 Å². The third-order valence-electron chi connectivity index (χ3n) is 3.19.